The van der Waals surface area contributed by atoms with Crippen molar-refractivity contribution in [3.05, 3.63) is 63.9 Å². The fourth-order valence-electron chi connectivity index (χ4n) is 1.70. The summed E-state index contributed by atoms with van der Waals surface area (Å²) in [5.41, 5.74) is 0.554. The van der Waals surface area contributed by atoms with Crippen molar-refractivity contribution in [1.29, 1.82) is 0 Å². The normalized spacial score (nSPS) is 9.08. The fourth-order valence-corrected chi connectivity index (χ4v) is 2.08. The van der Waals surface area contributed by atoms with Crippen molar-refractivity contribution in [2.75, 3.05) is 7.11 Å². The van der Waals surface area contributed by atoms with Crippen molar-refractivity contribution in [2.24, 2.45) is 0 Å². The molecule has 0 saturated carbocycles. The van der Waals surface area contributed by atoms with E-state index in [2.05, 4.69) is 9.72 Å². The van der Waals surface area contributed by atoms with Crippen LogP contribution in [0.4, 0.5) is 0 Å². The highest BCUT2D eigenvalue weighted by atomic mass is 35.5. The first-order valence-electron chi connectivity index (χ1n) is 6.53. The van der Waals surface area contributed by atoms with Crippen LogP contribution in [0.15, 0.2) is 36.7 Å². The molecule has 0 aliphatic carbocycles. The van der Waals surface area contributed by atoms with E-state index in [1.807, 2.05) is 0 Å². The molecule has 0 saturated heterocycles. The third-order valence-corrected chi connectivity index (χ3v) is 3.27. The zero-order valence-electron chi connectivity index (χ0n) is 13.3. The molecule has 0 unspecified atom stereocenters. The highest BCUT2D eigenvalue weighted by Crippen LogP contribution is 2.24. The fraction of sp³-hybridized carbons (Fsp3) is 0.125. The van der Waals surface area contributed by atoms with Crippen molar-refractivity contribution in [1.82, 2.24) is 4.98 Å². The number of carboxylic acids is 2. The largest absolute Gasteiger partial charge is 0.478 e. The van der Waals surface area contributed by atoms with Gasteiger partial charge < -0.3 is 20.4 Å². The van der Waals surface area contributed by atoms with E-state index in [9.17, 15) is 14.4 Å². The van der Waals surface area contributed by atoms with E-state index in [1.54, 1.807) is 25.3 Å². The van der Waals surface area contributed by atoms with Gasteiger partial charge >= 0.3 is 17.9 Å². The van der Waals surface area contributed by atoms with Gasteiger partial charge in [-0.3, -0.25) is 4.98 Å². The van der Waals surface area contributed by atoms with Crippen molar-refractivity contribution in [3.8, 4) is 0 Å². The molecule has 1 heterocycles. The number of esters is 1. The molecule has 0 aliphatic heterocycles. The number of hydrogen-bond donors (Lipinski definition) is 2. The number of nitrogens with zero attached hydrogens (tertiary/aromatic N) is 1. The van der Waals surface area contributed by atoms with Crippen LogP contribution in [-0.4, -0.2) is 45.7 Å². The Bertz CT molecular complexity index is 763. The summed E-state index contributed by atoms with van der Waals surface area (Å²) in [6.07, 6.45) is 3.07. The minimum absolute atomic E-state index is 0. The van der Waals surface area contributed by atoms with Crippen LogP contribution in [-0.2, 0) is 4.74 Å². The van der Waals surface area contributed by atoms with Crippen LogP contribution in [0, 0.1) is 6.92 Å². The molecule has 1 aromatic heterocycles. The molecule has 134 valence electrons. The molecule has 1 aromatic carbocycles. The topological polar surface area (TPSA) is 145 Å². The second-order valence-electron chi connectivity index (χ2n) is 4.46. The van der Waals surface area contributed by atoms with Crippen LogP contribution in [0.1, 0.15) is 36.6 Å². The standard InChI is InChI=1S/C9H7ClO4.C7H7NO2.H2O/c1-4-2-3-5(8(11)12)7(10)6(4)9(13)14;1-10-7(9)6-3-2-4-8-5-6;/h2-3H,1H3,(H,11,12)(H,13,14);2-5H,1H3;1H2. The van der Waals surface area contributed by atoms with E-state index in [4.69, 9.17) is 21.8 Å². The van der Waals surface area contributed by atoms with Crippen LogP contribution >= 0.6 is 11.6 Å². The molecule has 0 radical (unpaired) electrons. The maximum absolute atomic E-state index is 10.8. The molecule has 0 bridgehead atoms. The minimum atomic E-state index is -1.24. The second kappa shape index (κ2) is 10.0. The number of rotatable bonds is 3. The molecule has 2 aromatic rings. The lowest BCUT2D eigenvalue weighted by molar-refractivity contribution is 0.0598. The lowest BCUT2D eigenvalue weighted by Gasteiger charge is -2.05. The highest BCUT2D eigenvalue weighted by molar-refractivity contribution is 6.36. The van der Waals surface area contributed by atoms with Gasteiger partial charge in [-0.15, -0.1) is 0 Å². The molecule has 0 spiro atoms. The quantitative estimate of drug-likeness (QED) is 0.787. The first-order valence-corrected chi connectivity index (χ1v) is 6.91. The Balaban J connectivity index is 0.000000465. The molecule has 0 aliphatic rings. The molecule has 0 fully saturated rings. The Morgan fingerprint density at radius 1 is 1.12 bits per heavy atom. The predicted octanol–water partition coefficient (Wildman–Crippen LogP) is 2.09. The smallest absolute Gasteiger partial charge is 0.339 e. The van der Waals surface area contributed by atoms with Gasteiger partial charge in [0.1, 0.15) is 0 Å². The number of aromatic carboxylic acids is 2. The highest BCUT2D eigenvalue weighted by Gasteiger charge is 2.18. The van der Waals surface area contributed by atoms with E-state index in [0.29, 0.717) is 11.1 Å². The first-order chi connectivity index (χ1) is 11.3. The lowest BCUT2D eigenvalue weighted by Crippen LogP contribution is -2.06. The number of aromatic nitrogens is 1. The van der Waals surface area contributed by atoms with Gasteiger partial charge in [-0.2, -0.15) is 0 Å². The van der Waals surface area contributed by atoms with Gasteiger partial charge in [0, 0.05) is 12.4 Å². The van der Waals surface area contributed by atoms with Gasteiger partial charge in [-0.05, 0) is 30.7 Å². The summed E-state index contributed by atoms with van der Waals surface area (Å²) in [5.74, 6) is -2.82. The molecule has 2 rings (SSSR count). The Kier molecular flexibility index (Phi) is 8.82. The Morgan fingerprint density at radius 2 is 1.76 bits per heavy atom. The first kappa shape index (κ1) is 22.0. The molecule has 9 heteroatoms. The van der Waals surface area contributed by atoms with E-state index >= 15 is 0 Å². The molecule has 0 amide bonds. The Morgan fingerprint density at radius 3 is 2.20 bits per heavy atom. The van der Waals surface area contributed by atoms with Gasteiger partial charge in [0.05, 0.1) is 28.8 Å². The average Bonchev–Trinajstić information content (AvgIpc) is 2.55. The van der Waals surface area contributed by atoms with Gasteiger partial charge in [-0.25, -0.2) is 14.4 Å². The number of pyridine rings is 1. The van der Waals surface area contributed by atoms with E-state index < -0.39 is 11.9 Å². The maximum Gasteiger partial charge on any atom is 0.339 e. The SMILES string of the molecule is COC(=O)c1cccnc1.Cc1ccc(C(=O)O)c(Cl)c1C(=O)O.O. The van der Waals surface area contributed by atoms with Crippen LogP contribution in [0.3, 0.4) is 0 Å². The van der Waals surface area contributed by atoms with Gasteiger partial charge in [0.25, 0.3) is 0 Å². The summed E-state index contributed by atoms with van der Waals surface area (Å²) in [6.45, 7) is 1.56. The van der Waals surface area contributed by atoms with Crippen LogP contribution in [0.2, 0.25) is 5.02 Å². The Hall–Kier alpha value is -2.97. The van der Waals surface area contributed by atoms with E-state index in [-0.39, 0.29) is 27.6 Å². The summed E-state index contributed by atoms with van der Waals surface area (Å²) in [6, 6.07) is 6.04. The molecule has 0 atom stereocenters. The number of carbonyl (C=O) groups is 3. The number of halogens is 1. The number of carbonyl (C=O) groups excluding carboxylic acids is 1. The van der Waals surface area contributed by atoms with Crippen LogP contribution < -0.4 is 0 Å². The zero-order valence-corrected chi connectivity index (χ0v) is 14.1. The van der Waals surface area contributed by atoms with Gasteiger partial charge in [0.15, 0.2) is 0 Å². The van der Waals surface area contributed by atoms with E-state index in [1.165, 1.54) is 25.4 Å². The number of carboxylic acid groups (broad SMARTS) is 2. The number of hydrogen-bond acceptors (Lipinski definition) is 5. The van der Waals surface area contributed by atoms with Crippen molar-refractivity contribution in [2.45, 2.75) is 6.92 Å². The van der Waals surface area contributed by atoms with Crippen LogP contribution in [0.25, 0.3) is 0 Å². The maximum atomic E-state index is 10.8. The third kappa shape index (κ3) is 5.87. The molecule has 25 heavy (non-hydrogen) atoms. The summed E-state index contributed by atoms with van der Waals surface area (Å²) in [4.78, 5) is 35.9. The Labute approximate surface area is 148 Å². The monoisotopic (exact) mass is 369 g/mol. The third-order valence-electron chi connectivity index (χ3n) is 2.88. The van der Waals surface area contributed by atoms with E-state index in [0.717, 1.165) is 0 Å². The number of ether oxygens (including phenoxy) is 1. The number of benzene rings is 1. The van der Waals surface area contributed by atoms with Gasteiger partial charge in [0.2, 0.25) is 0 Å². The van der Waals surface area contributed by atoms with Crippen molar-refractivity contribution < 1.29 is 34.8 Å². The zero-order chi connectivity index (χ0) is 18.3. The number of methoxy groups -OCH3 is 1. The predicted molar refractivity (Wildman–Crippen MR) is 89.3 cm³/mol. The summed E-state index contributed by atoms with van der Waals surface area (Å²) in [5, 5.41) is 17.2. The molecular weight excluding hydrogens is 354 g/mol. The van der Waals surface area contributed by atoms with Crippen LogP contribution in [0.5, 0.6) is 0 Å². The average molecular weight is 370 g/mol. The summed E-state index contributed by atoms with van der Waals surface area (Å²) < 4.78 is 4.46. The van der Waals surface area contributed by atoms with Crippen molar-refractivity contribution in [3.63, 3.8) is 0 Å². The molecule has 8 nitrogen and oxygen atoms in total. The molecular formula is C16H16ClNO7. The summed E-state index contributed by atoms with van der Waals surface area (Å²) in [7, 11) is 1.34. The minimum Gasteiger partial charge on any atom is -0.478 e. The van der Waals surface area contributed by atoms with Gasteiger partial charge in [-0.1, -0.05) is 17.7 Å². The second-order valence-corrected chi connectivity index (χ2v) is 4.84. The van der Waals surface area contributed by atoms with Crippen molar-refractivity contribution >= 4 is 29.5 Å². The lowest BCUT2D eigenvalue weighted by atomic mass is 10.1. The summed E-state index contributed by atoms with van der Waals surface area (Å²) >= 11 is 5.64. The number of aryl methyl sites for hydroxylation is 1. The molecule has 4 N–H and O–H groups in total.